The molecule has 0 spiro atoms. The van der Waals surface area contributed by atoms with Crippen molar-refractivity contribution in [1.82, 2.24) is 20.9 Å². The highest BCUT2D eigenvalue weighted by atomic mass is 16.2. The van der Waals surface area contributed by atoms with Crippen LogP contribution in [0, 0.1) is 6.92 Å². The number of nitrogens with zero attached hydrogens (tertiary/aromatic N) is 1. The van der Waals surface area contributed by atoms with Crippen LogP contribution in [-0.4, -0.2) is 40.9 Å². The number of nitrogens with one attached hydrogen (secondary N) is 3. The summed E-state index contributed by atoms with van der Waals surface area (Å²) < 4.78 is 0. The van der Waals surface area contributed by atoms with Crippen LogP contribution in [0.2, 0.25) is 0 Å². The molecule has 1 aromatic rings. The van der Waals surface area contributed by atoms with Gasteiger partial charge in [-0.25, -0.2) is 9.59 Å². The average molecular weight is 360 g/mol. The maximum atomic E-state index is 12.7. The SMILES string of the molecule is Cc1ccc([C@]2(C)NC(=O)N(CC(=O)NC(=O)NC(C)(C)C)C2=O)cc1. The Morgan fingerprint density at radius 2 is 1.73 bits per heavy atom. The smallest absolute Gasteiger partial charge is 0.325 e. The summed E-state index contributed by atoms with van der Waals surface area (Å²) in [5, 5.41) is 7.31. The van der Waals surface area contributed by atoms with E-state index in [0.29, 0.717) is 5.56 Å². The van der Waals surface area contributed by atoms with Crippen molar-refractivity contribution in [2.24, 2.45) is 0 Å². The van der Waals surface area contributed by atoms with Crippen molar-refractivity contribution in [1.29, 1.82) is 0 Å². The molecule has 1 aliphatic rings. The summed E-state index contributed by atoms with van der Waals surface area (Å²) >= 11 is 0. The summed E-state index contributed by atoms with van der Waals surface area (Å²) in [6.45, 7) is 8.26. The zero-order valence-electron chi connectivity index (χ0n) is 15.6. The first-order valence-corrected chi connectivity index (χ1v) is 8.25. The lowest BCUT2D eigenvalue weighted by atomic mass is 9.91. The highest BCUT2D eigenvalue weighted by molar-refractivity contribution is 6.10. The van der Waals surface area contributed by atoms with Crippen LogP contribution in [0.15, 0.2) is 24.3 Å². The minimum absolute atomic E-state index is 0.519. The zero-order chi connectivity index (χ0) is 19.7. The first kappa shape index (κ1) is 19.4. The number of urea groups is 2. The summed E-state index contributed by atoms with van der Waals surface area (Å²) in [5.41, 5.74) is -0.126. The van der Waals surface area contributed by atoms with Crippen molar-refractivity contribution in [3.05, 3.63) is 35.4 Å². The largest absolute Gasteiger partial charge is 0.333 e. The number of hydrogen-bond donors (Lipinski definition) is 3. The second kappa shape index (κ2) is 6.78. The fourth-order valence-corrected chi connectivity index (χ4v) is 2.60. The maximum Gasteiger partial charge on any atom is 0.325 e. The van der Waals surface area contributed by atoms with Crippen LogP contribution in [0.25, 0.3) is 0 Å². The topological polar surface area (TPSA) is 108 Å². The maximum absolute atomic E-state index is 12.7. The molecule has 3 N–H and O–H groups in total. The van der Waals surface area contributed by atoms with Crippen molar-refractivity contribution < 1.29 is 19.2 Å². The van der Waals surface area contributed by atoms with Gasteiger partial charge in [0, 0.05) is 5.54 Å². The van der Waals surface area contributed by atoms with Crippen LogP contribution >= 0.6 is 0 Å². The Balaban J connectivity index is 2.08. The number of rotatable bonds is 3. The van der Waals surface area contributed by atoms with E-state index in [1.165, 1.54) is 0 Å². The molecule has 1 aromatic carbocycles. The van der Waals surface area contributed by atoms with Crippen molar-refractivity contribution in [3.63, 3.8) is 0 Å². The fraction of sp³-hybridized carbons (Fsp3) is 0.444. The monoisotopic (exact) mass is 360 g/mol. The van der Waals surface area contributed by atoms with Gasteiger partial charge in [0.15, 0.2) is 0 Å². The van der Waals surface area contributed by atoms with Crippen LogP contribution in [0.1, 0.15) is 38.8 Å². The Morgan fingerprint density at radius 1 is 1.15 bits per heavy atom. The molecule has 2 rings (SSSR count). The number of benzene rings is 1. The van der Waals surface area contributed by atoms with E-state index in [2.05, 4.69) is 16.0 Å². The van der Waals surface area contributed by atoms with Crippen molar-refractivity contribution in [2.75, 3.05) is 6.54 Å². The Labute approximate surface area is 152 Å². The first-order chi connectivity index (χ1) is 11.9. The lowest BCUT2D eigenvalue weighted by Crippen LogP contribution is -2.51. The van der Waals surface area contributed by atoms with Crippen molar-refractivity contribution >= 4 is 23.9 Å². The standard InChI is InChI=1S/C18H24N4O4/c1-11-6-8-12(9-7-11)18(5)14(24)22(16(26)21-18)10-13(23)19-15(25)20-17(2,3)4/h6-9H,10H2,1-5H3,(H,21,26)(H2,19,20,23,25)/t18-/m0/s1. The predicted octanol–water partition coefficient (Wildman–Crippen LogP) is 1.39. The molecule has 1 saturated heterocycles. The summed E-state index contributed by atoms with van der Waals surface area (Å²) in [6, 6.07) is 5.83. The number of hydrogen-bond acceptors (Lipinski definition) is 4. The van der Waals surface area contributed by atoms with Crippen LogP contribution in [0.5, 0.6) is 0 Å². The van der Waals surface area contributed by atoms with E-state index in [-0.39, 0.29) is 0 Å². The number of aryl methyl sites for hydroxylation is 1. The van der Waals surface area contributed by atoms with Crippen LogP contribution < -0.4 is 16.0 Å². The molecule has 1 aliphatic heterocycles. The van der Waals surface area contributed by atoms with Gasteiger partial charge in [0.2, 0.25) is 5.91 Å². The highest BCUT2D eigenvalue weighted by Gasteiger charge is 2.49. The van der Waals surface area contributed by atoms with E-state index >= 15 is 0 Å². The summed E-state index contributed by atoms with van der Waals surface area (Å²) in [6.07, 6.45) is 0. The molecule has 0 radical (unpaired) electrons. The van der Waals surface area contributed by atoms with Crippen LogP contribution in [-0.2, 0) is 15.1 Å². The molecular weight excluding hydrogens is 336 g/mol. The third-order valence-electron chi connectivity index (χ3n) is 3.95. The molecule has 1 heterocycles. The molecule has 0 unspecified atom stereocenters. The molecule has 0 bridgehead atoms. The summed E-state index contributed by atoms with van der Waals surface area (Å²) in [7, 11) is 0. The quantitative estimate of drug-likeness (QED) is 0.708. The Kier molecular flexibility index (Phi) is 5.06. The van der Waals surface area contributed by atoms with Gasteiger partial charge in [-0.2, -0.15) is 0 Å². The molecule has 1 atom stereocenters. The van der Waals surface area contributed by atoms with Gasteiger partial charge >= 0.3 is 12.1 Å². The average Bonchev–Trinajstić information content (AvgIpc) is 2.70. The third-order valence-corrected chi connectivity index (χ3v) is 3.95. The van der Waals surface area contributed by atoms with Crippen LogP contribution in [0.4, 0.5) is 9.59 Å². The van der Waals surface area contributed by atoms with Gasteiger partial charge in [0.05, 0.1) is 0 Å². The molecule has 140 valence electrons. The number of carbonyl (C=O) groups excluding carboxylic acids is 4. The molecule has 8 nitrogen and oxygen atoms in total. The minimum Gasteiger partial charge on any atom is -0.333 e. The van der Waals surface area contributed by atoms with E-state index in [9.17, 15) is 19.2 Å². The second-order valence-electron chi connectivity index (χ2n) is 7.56. The van der Waals surface area contributed by atoms with Gasteiger partial charge in [0.25, 0.3) is 5.91 Å². The van der Waals surface area contributed by atoms with Gasteiger partial charge in [-0.1, -0.05) is 29.8 Å². The molecule has 0 aliphatic carbocycles. The molecule has 0 aromatic heterocycles. The fourth-order valence-electron chi connectivity index (χ4n) is 2.60. The number of carbonyl (C=O) groups is 4. The van der Waals surface area contributed by atoms with Crippen molar-refractivity contribution in [2.45, 2.75) is 45.7 Å². The highest BCUT2D eigenvalue weighted by Crippen LogP contribution is 2.28. The van der Waals surface area contributed by atoms with E-state index < -0.39 is 41.5 Å². The van der Waals surface area contributed by atoms with E-state index in [1.54, 1.807) is 39.8 Å². The zero-order valence-corrected chi connectivity index (χ0v) is 15.6. The van der Waals surface area contributed by atoms with Crippen LogP contribution in [0.3, 0.4) is 0 Å². The summed E-state index contributed by atoms with van der Waals surface area (Å²) in [4.78, 5) is 49.5. The third kappa shape index (κ3) is 4.19. The second-order valence-corrected chi connectivity index (χ2v) is 7.56. The van der Waals surface area contributed by atoms with Gasteiger partial charge in [-0.05, 0) is 40.2 Å². The number of amides is 6. The van der Waals surface area contributed by atoms with E-state index in [0.717, 1.165) is 10.5 Å². The normalized spacial score (nSPS) is 20.0. The molecule has 26 heavy (non-hydrogen) atoms. The van der Waals surface area contributed by atoms with Gasteiger partial charge in [-0.3, -0.25) is 19.8 Å². The molecule has 0 saturated carbocycles. The molecule has 1 fully saturated rings. The molecule has 6 amide bonds. The Hall–Kier alpha value is -2.90. The lowest BCUT2D eigenvalue weighted by Gasteiger charge is -2.22. The van der Waals surface area contributed by atoms with Crippen molar-refractivity contribution in [3.8, 4) is 0 Å². The van der Waals surface area contributed by atoms with Gasteiger partial charge in [-0.15, -0.1) is 0 Å². The number of imide groups is 2. The van der Waals surface area contributed by atoms with E-state index in [1.807, 2.05) is 19.1 Å². The molecular formula is C18H24N4O4. The van der Waals surface area contributed by atoms with Gasteiger partial charge < -0.3 is 10.6 Å². The Bertz CT molecular complexity index is 751. The molecule has 8 heteroatoms. The minimum atomic E-state index is -1.25. The predicted molar refractivity (Wildman–Crippen MR) is 95.2 cm³/mol. The summed E-state index contributed by atoms with van der Waals surface area (Å²) in [5.74, 6) is -1.29. The lowest BCUT2D eigenvalue weighted by molar-refractivity contribution is -0.134. The Morgan fingerprint density at radius 3 is 2.27 bits per heavy atom. The van der Waals surface area contributed by atoms with E-state index in [4.69, 9.17) is 0 Å². The van der Waals surface area contributed by atoms with Gasteiger partial charge in [0.1, 0.15) is 12.1 Å². The first-order valence-electron chi connectivity index (χ1n) is 8.25.